The molecule has 0 fully saturated rings. The average molecular weight is 181 g/mol. The van der Waals surface area contributed by atoms with Crippen LogP contribution in [0.25, 0.3) is 0 Å². The van der Waals surface area contributed by atoms with Gasteiger partial charge in [-0.25, -0.2) is 0 Å². The first-order chi connectivity index (χ1) is 6.31. The largest absolute Gasteiger partial charge is 0.496 e. The third-order valence-corrected chi connectivity index (χ3v) is 1.88. The van der Waals surface area contributed by atoms with Crippen LogP contribution in [0.4, 0.5) is 0 Å². The Kier molecular flexibility index (Phi) is 3.73. The molecule has 2 N–H and O–H groups in total. The lowest BCUT2D eigenvalue weighted by molar-refractivity contribution is 0.184. The molecule has 0 saturated carbocycles. The van der Waals surface area contributed by atoms with E-state index in [4.69, 9.17) is 15.2 Å². The maximum Gasteiger partial charge on any atom is 0.123 e. The Bertz CT molecular complexity index is 274. The van der Waals surface area contributed by atoms with Crippen LogP contribution in [0.3, 0.4) is 0 Å². The molecule has 0 aromatic heterocycles. The molecule has 0 radical (unpaired) electrons. The molecular weight excluding hydrogens is 166 g/mol. The lowest BCUT2D eigenvalue weighted by Gasteiger charge is -2.08. The molecule has 0 aliphatic carbocycles. The number of ether oxygens (including phenoxy) is 2. The van der Waals surface area contributed by atoms with Crippen molar-refractivity contribution < 1.29 is 9.47 Å². The normalized spacial score (nSPS) is 10.1. The lowest BCUT2D eigenvalue weighted by atomic mass is 10.1. The molecule has 13 heavy (non-hydrogen) atoms. The molecule has 0 amide bonds. The second kappa shape index (κ2) is 4.84. The van der Waals surface area contributed by atoms with Crippen molar-refractivity contribution >= 4 is 0 Å². The predicted molar refractivity (Wildman–Crippen MR) is 51.6 cm³/mol. The maximum absolute atomic E-state index is 5.54. The molecule has 0 aliphatic heterocycles. The SMILES string of the molecule is COCc1ccc(CN)c(OC)c1. The van der Waals surface area contributed by atoms with Crippen molar-refractivity contribution in [1.29, 1.82) is 0 Å². The van der Waals surface area contributed by atoms with Gasteiger partial charge in [-0.3, -0.25) is 0 Å². The van der Waals surface area contributed by atoms with Crippen molar-refractivity contribution in [3.05, 3.63) is 29.3 Å². The molecule has 0 bridgehead atoms. The zero-order valence-corrected chi connectivity index (χ0v) is 8.04. The van der Waals surface area contributed by atoms with E-state index in [1.807, 2.05) is 18.2 Å². The minimum absolute atomic E-state index is 0.496. The Morgan fingerprint density at radius 1 is 1.31 bits per heavy atom. The van der Waals surface area contributed by atoms with E-state index in [9.17, 15) is 0 Å². The summed E-state index contributed by atoms with van der Waals surface area (Å²) in [5.41, 5.74) is 7.65. The molecule has 1 aromatic rings. The molecular formula is C10H15NO2. The Morgan fingerprint density at radius 2 is 2.08 bits per heavy atom. The van der Waals surface area contributed by atoms with Crippen LogP contribution in [0.5, 0.6) is 5.75 Å². The van der Waals surface area contributed by atoms with Crippen LogP contribution in [0.15, 0.2) is 18.2 Å². The quantitative estimate of drug-likeness (QED) is 0.761. The molecule has 72 valence electrons. The van der Waals surface area contributed by atoms with E-state index < -0.39 is 0 Å². The van der Waals surface area contributed by atoms with Gasteiger partial charge in [0.15, 0.2) is 0 Å². The smallest absolute Gasteiger partial charge is 0.123 e. The van der Waals surface area contributed by atoms with E-state index >= 15 is 0 Å². The molecule has 0 spiro atoms. The topological polar surface area (TPSA) is 44.5 Å². The highest BCUT2D eigenvalue weighted by atomic mass is 16.5. The minimum Gasteiger partial charge on any atom is -0.496 e. The fourth-order valence-electron chi connectivity index (χ4n) is 1.21. The summed E-state index contributed by atoms with van der Waals surface area (Å²) in [6.07, 6.45) is 0. The highest BCUT2D eigenvalue weighted by Gasteiger charge is 2.01. The van der Waals surface area contributed by atoms with E-state index in [0.717, 1.165) is 16.9 Å². The first-order valence-corrected chi connectivity index (χ1v) is 4.16. The van der Waals surface area contributed by atoms with Crippen molar-refractivity contribution in [1.82, 2.24) is 0 Å². The zero-order valence-electron chi connectivity index (χ0n) is 8.04. The summed E-state index contributed by atoms with van der Waals surface area (Å²) >= 11 is 0. The molecule has 3 nitrogen and oxygen atoms in total. The van der Waals surface area contributed by atoms with Crippen LogP contribution < -0.4 is 10.5 Å². The summed E-state index contributed by atoms with van der Waals surface area (Å²) in [6, 6.07) is 5.91. The second-order valence-electron chi connectivity index (χ2n) is 2.78. The fourth-order valence-corrected chi connectivity index (χ4v) is 1.21. The summed E-state index contributed by atoms with van der Waals surface area (Å²) in [5, 5.41) is 0. The standard InChI is InChI=1S/C10H15NO2/c1-12-7-8-3-4-9(6-11)10(5-8)13-2/h3-5H,6-7,11H2,1-2H3. The highest BCUT2D eigenvalue weighted by molar-refractivity contribution is 5.37. The van der Waals surface area contributed by atoms with Crippen molar-refractivity contribution in [3.63, 3.8) is 0 Å². The van der Waals surface area contributed by atoms with Gasteiger partial charge in [-0.2, -0.15) is 0 Å². The van der Waals surface area contributed by atoms with Gasteiger partial charge in [0.25, 0.3) is 0 Å². The molecule has 1 rings (SSSR count). The van der Waals surface area contributed by atoms with Crippen molar-refractivity contribution in [3.8, 4) is 5.75 Å². The molecule has 3 heteroatoms. The first kappa shape index (κ1) is 10.0. The van der Waals surface area contributed by atoms with Crippen LogP contribution in [0, 0.1) is 0 Å². The van der Waals surface area contributed by atoms with Crippen molar-refractivity contribution in [2.24, 2.45) is 5.73 Å². The third kappa shape index (κ3) is 2.44. The molecule has 0 heterocycles. The Hall–Kier alpha value is -1.06. The zero-order chi connectivity index (χ0) is 9.68. The predicted octanol–water partition coefficient (Wildman–Crippen LogP) is 1.30. The van der Waals surface area contributed by atoms with Gasteiger partial charge in [-0.15, -0.1) is 0 Å². The number of hydrogen-bond acceptors (Lipinski definition) is 3. The number of nitrogens with two attached hydrogens (primary N) is 1. The van der Waals surface area contributed by atoms with Crippen LogP contribution >= 0.6 is 0 Å². The van der Waals surface area contributed by atoms with E-state index in [1.165, 1.54) is 0 Å². The minimum atomic E-state index is 0.496. The van der Waals surface area contributed by atoms with E-state index in [1.54, 1.807) is 14.2 Å². The Morgan fingerprint density at radius 3 is 2.62 bits per heavy atom. The molecule has 0 unspecified atom stereocenters. The average Bonchev–Trinajstić information content (AvgIpc) is 2.18. The van der Waals surface area contributed by atoms with E-state index in [-0.39, 0.29) is 0 Å². The van der Waals surface area contributed by atoms with Gasteiger partial charge in [0, 0.05) is 19.2 Å². The summed E-state index contributed by atoms with van der Waals surface area (Å²) in [4.78, 5) is 0. The van der Waals surface area contributed by atoms with Gasteiger partial charge >= 0.3 is 0 Å². The molecule has 1 aromatic carbocycles. The van der Waals surface area contributed by atoms with Gasteiger partial charge in [-0.1, -0.05) is 12.1 Å². The monoisotopic (exact) mass is 181 g/mol. The summed E-state index contributed by atoms with van der Waals surface area (Å²) in [5.74, 6) is 0.831. The molecule has 0 aliphatic rings. The Labute approximate surface area is 78.5 Å². The van der Waals surface area contributed by atoms with Crippen LogP contribution in [-0.2, 0) is 17.9 Å². The summed E-state index contributed by atoms with van der Waals surface area (Å²) in [6.45, 7) is 1.09. The second-order valence-corrected chi connectivity index (χ2v) is 2.78. The molecule has 0 saturated heterocycles. The van der Waals surface area contributed by atoms with Crippen LogP contribution in [-0.4, -0.2) is 14.2 Å². The fraction of sp³-hybridized carbons (Fsp3) is 0.400. The Balaban J connectivity index is 2.91. The van der Waals surface area contributed by atoms with Crippen LogP contribution in [0.1, 0.15) is 11.1 Å². The van der Waals surface area contributed by atoms with Gasteiger partial charge in [0.05, 0.1) is 13.7 Å². The van der Waals surface area contributed by atoms with Gasteiger partial charge < -0.3 is 15.2 Å². The van der Waals surface area contributed by atoms with E-state index in [2.05, 4.69) is 0 Å². The molecule has 0 atom stereocenters. The first-order valence-electron chi connectivity index (χ1n) is 4.16. The van der Waals surface area contributed by atoms with Gasteiger partial charge in [-0.05, 0) is 11.6 Å². The van der Waals surface area contributed by atoms with Crippen LogP contribution in [0.2, 0.25) is 0 Å². The summed E-state index contributed by atoms with van der Waals surface area (Å²) in [7, 11) is 3.31. The summed E-state index contributed by atoms with van der Waals surface area (Å²) < 4.78 is 10.2. The van der Waals surface area contributed by atoms with Crippen molar-refractivity contribution in [2.45, 2.75) is 13.2 Å². The number of methoxy groups -OCH3 is 2. The maximum atomic E-state index is 5.54. The number of hydrogen-bond donors (Lipinski definition) is 1. The lowest BCUT2D eigenvalue weighted by Crippen LogP contribution is -2.00. The van der Waals surface area contributed by atoms with E-state index in [0.29, 0.717) is 13.2 Å². The highest BCUT2D eigenvalue weighted by Crippen LogP contribution is 2.19. The third-order valence-electron chi connectivity index (χ3n) is 1.88. The van der Waals surface area contributed by atoms with Gasteiger partial charge in [0.1, 0.15) is 5.75 Å². The van der Waals surface area contributed by atoms with Gasteiger partial charge in [0.2, 0.25) is 0 Å². The number of rotatable bonds is 4. The number of benzene rings is 1. The van der Waals surface area contributed by atoms with Crippen molar-refractivity contribution in [2.75, 3.05) is 14.2 Å².